The average molecular weight is 296 g/mol. The highest BCUT2D eigenvalue weighted by Gasteiger charge is 2.49. The maximum Gasteiger partial charge on any atom is 0.312 e. The highest BCUT2D eigenvalue weighted by molar-refractivity contribution is 5.76. The smallest absolute Gasteiger partial charge is 0.312 e. The van der Waals surface area contributed by atoms with Crippen LogP contribution in [0.4, 0.5) is 0 Å². The minimum atomic E-state index is -1.20. The first-order chi connectivity index (χ1) is 10.7. The third kappa shape index (κ3) is 2.90. The van der Waals surface area contributed by atoms with E-state index >= 15 is 0 Å². The van der Waals surface area contributed by atoms with Crippen molar-refractivity contribution in [1.82, 2.24) is 0 Å². The van der Waals surface area contributed by atoms with Crippen LogP contribution in [0.25, 0.3) is 0 Å². The largest absolute Gasteiger partial charge is 0.462 e. The van der Waals surface area contributed by atoms with Gasteiger partial charge in [0.2, 0.25) is 0 Å². The van der Waals surface area contributed by atoms with E-state index in [0.29, 0.717) is 6.42 Å². The molecular weight excluding hydrogens is 276 g/mol. The summed E-state index contributed by atoms with van der Waals surface area (Å²) in [6, 6.07) is 19.5. The molecule has 1 aliphatic rings. The molecule has 114 valence electrons. The van der Waals surface area contributed by atoms with Crippen molar-refractivity contribution in [2.24, 2.45) is 5.92 Å². The second-order valence-corrected chi connectivity index (χ2v) is 5.83. The number of ether oxygens (including phenoxy) is 1. The van der Waals surface area contributed by atoms with E-state index in [4.69, 9.17) is 4.74 Å². The normalized spacial score (nSPS) is 24.2. The summed E-state index contributed by atoms with van der Waals surface area (Å²) in [5.41, 5.74) is 0.803. The van der Waals surface area contributed by atoms with E-state index in [-0.39, 0.29) is 12.6 Å². The van der Waals surface area contributed by atoms with Crippen molar-refractivity contribution >= 4 is 5.97 Å². The zero-order valence-electron chi connectivity index (χ0n) is 12.4. The van der Waals surface area contributed by atoms with Gasteiger partial charge in [0.1, 0.15) is 12.2 Å². The summed E-state index contributed by atoms with van der Waals surface area (Å²) in [5.74, 6) is -0.780. The molecule has 0 amide bonds. The molecule has 1 saturated heterocycles. The van der Waals surface area contributed by atoms with Crippen molar-refractivity contribution < 1.29 is 14.6 Å². The molecule has 3 heteroatoms. The molecule has 0 aliphatic carbocycles. The molecule has 3 nitrogen and oxygen atoms in total. The lowest BCUT2D eigenvalue weighted by Gasteiger charge is -2.26. The number of esters is 1. The Bertz CT molecular complexity index is 624. The van der Waals surface area contributed by atoms with Gasteiger partial charge in [-0.3, -0.25) is 4.79 Å². The molecule has 2 atom stereocenters. The van der Waals surface area contributed by atoms with E-state index < -0.39 is 11.5 Å². The van der Waals surface area contributed by atoms with Gasteiger partial charge in [-0.25, -0.2) is 0 Å². The lowest BCUT2D eigenvalue weighted by atomic mass is 9.80. The predicted octanol–water partition coefficient (Wildman–Crippen LogP) is 3.07. The summed E-state index contributed by atoms with van der Waals surface area (Å²) in [7, 11) is 0. The van der Waals surface area contributed by atoms with Gasteiger partial charge >= 0.3 is 5.97 Å². The summed E-state index contributed by atoms with van der Waals surface area (Å²) in [5, 5.41) is 10.9. The van der Waals surface area contributed by atoms with Crippen molar-refractivity contribution in [1.29, 1.82) is 0 Å². The van der Waals surface area contributed by atoms with Crippen LogP contribution in [-0.2, 0) is 21.6 Å². The van der Waals surface area contributed by atoms with Crippen LogP contribution < -0.4 is 0 Å². The molecule has 22 heavy (non-hydrogen) atoms. The second kappa shape index (κ2) is 6.32. The molecule has 3 rings (SSSR count). The fourth-order valence-corrected chi connectivity index (χ4v) is 3.10. The van der Waals surface area contributed by atoms with Crippen molar-refractivity contribution in [3.63, 3.8) is 0 Å². The van der Waals surface area contributed by atoms with Crippen LogP contribution in [0.1, 0.15) is 24.0 Å². The van der Waals surface area contributed by atoms with Gasteiger partial charge in [0.25, 0.3) is 0 Å². The molecule has 0 aromatic heterocycles. The standard InChI is InChI=1S/C19H20O3/c20-18-17(13-7-10-15-8-3-1-4-9-15)19(21,14-22-18)16-11-5-2-6-12-16/h1-6,8-9,11-12,17,21H,7,10,13-14H2/t17-,19-/m0/s1. The van der Waals surface area contributed by atoms with E-state index in [9.17, 15) is 9.90 Å². The van der Waals surface area contributed by atoms with Gasteiger partial charge in [-0.1, -0.05) is 60.7 Å². The Balaban J connectivity index is 1.69. The van der Waals surface area contributed by atoms with Crippen molar-refractivity contribution in [3.05, 3.63) is 71.8 Å². The van der Waals surface area contributed by atoms with E-state index in [2.05, 4.69) is 12.1 Å². The molecule has 1 fully saturated rings. The lowest BCUT2D eigenvalue weighted by molar-refractivity contribution is -0.141. The van der Waals surface area contributed by atoms with E-state index in [1.165, 1.54) is 5.56 Å². The van der Waals surface area contributed by atoms with E-state index in [0.717, 1.165) is 18.4 Å². The molecule has 1 aliphatic heterocycles. The Hall–Kier alpha value is -2.13. The van der Waals surface area contributed by atoms with Crippen LogP contribution in [0.2, 0.25) is 0 Å². The van der Waals surface area contributed by atoms with Crippen LogP contribution in [0, 0.1) is 5.92 Å². The molecular formula is C19H20O3. The van der Waals surface area contributed by atoms with Crippen LogP contribution in [0.5, 0.6) is 0 Å². The van der Waals surface area contributed by atoms with Crippen LogP contribution in [-0.4, -0.2) is 17.7 Å². The van der Waals surface area contributed by atoms with E-state index in [1.807, 2.05) is 48.5 Å². The number of hydrogen-bond donors (Lipinski definition) is 1. The molecule has 0 spiro atoms. The zero-order chi connectivity index (χ0) is 15.4. The molecule has 1 N–H and O–H groups in total. The third-order valence-corrected chi connectivity index (χ3v) is 4.37. The summed E-state index contributed by atoms with van der Waals surface area (Å²) in [6.07, 6.45) is 2.37. The maximum atomic E-state index is 12.0. The van der Waals surface area contributed by atoms with Crippen molar-refractivity contribution in [3.8, 4) is 0 Å². The fourth-order valence-electron chi connectivity index (χ4n) is 3.10. The van der Waals surface area contributed by atoms with Gasteiger partial charge in [0.05, 0.1) is 5.92 Å². The highest BCUT2D eigenvalue weighted by atomic mass is 16.6. The first-order valence-corrected chi connectivity index (χ1v) is 7.68. The monoisotopic (exact) mass is 296 g/mol. The van der Waals surface area contributed by atoms with Gasteiger partial charge < -0.3 is 9.84 Å². The van der Waals surface area contributed by atoms with Crippen LogP contribution in [0.3, 0.4) is 0 Å². The topological polar surface area (TPSA) is 46.5 Å². The van der Waals surface area contributed by atoms with Crippen LogP contribution >= 0.6 is 0 Å². The van der Waals surface area contributed by atoms with Gasteiger partial charge in [0, 0.05) is 0 Å². The maximum absolute atomic E-state index is 12.0. The first kappa shape index (κ1) is 14.8. The van der Waals surface area contributed by atoms with Gasteiger partial charge in [-0.05, 0) is 30.4 Å². The summed E-state index contributed by atoms with van der Waals surface area (Å²) in [4.78, 5) is 12.0. The Kier molecular flexibility index (Phi) is 4.25. The predicted molar refractivity (Wildman–Crippen MR) is 84.2 cm³/mol. The third-order valence-electron chi connectivity index (χ3n) is 4.37. The number of carbonyl (C=O) groups is 1. The number of rotatable bonds is 5. The number of hydrogen-bond acceptors (Lipinski definition) is 3. The van der Waals surface area contributed by atoms with Gasteiger partial charge in [-0.15, -0.1) is 0 Å². The zero-order valence-corrected chi connectivity index (χ0v) is 12.4. The minimum absolute atomic E-state index is 0.0475. The molecule has 0 bridgehead atoms. The molecule has 0 saturated carbocycles. The summed E-state index contributed by atoms with van der Waals surface area (Å²) < 4.78 is 5.15. The second-order valence-electron chi connectivity index (χ2n) is 5.83. The number of benzene rings is 2. The van der Waals surface area contributed by atoms with Gasteiger partial charge in [-0.2, -0.15) is 0 Å². The number of carbonyl (C=O) groups excluding carboxylic acids is 1. The van der Waals surface area contributed by atoms with Gasteiger partial charge in [0.15, 0.2) is 0 Å². The van der Waals surface area contributed by atoms with Crippen molar-refractivity contribution in [2.75, 3.05) is 6.61 Å². The van der Waals surface area contributed by atoms with Crippen LogP contribution in [0.15, 0.2) is 60.7 Å². The Labute approximate surface area is 130 Å². The SMILES string of the molecule is O=C1OC[C@](O)(c2ccccc2)[C@H]1CCCc1ccccc1. The molecule has 0 radical (unpaired) electrons. The first-order valence-electron chi connectivity index (χ1n) is 7.68. The lowest BCUT2D eigenvalue weighted by Crippen LogP contribution is -2.35. The van der Waals surface area contributed by atoms with E-state index in [1.54, 1.807) is 0 Å². The molecule has 1 heterocycles. The molecule has 2 aromatic carbocycles. The minimum Gasteiger partial charge on any atom is -0.462 e. The number of aryl methyl sites for hydroxylation is 1. The molecule has 0 unspecified atom stereocenters. The molecule has 2 aromatic rings. The summed E-state index contributed by atoms with van der Waals surface area (Å²) >= 11 is 0. The summed E-state index contributed by atoms with van der Waals surface area (Å²) in [6.45, 7) is 0.0475. The number of aliphatic hydroxyl groups is 1. The Morgan fingerprint density at radius 2 is 1.68 bits per heavy atom. The highest BCUT2D eigenvalue weighted by Crippen LogP contribution is 2.39. The number of cyclic esters (lactones) is 1. The fraction of sp³-hybridized carbons (Fsp3) is 0.316. The average Bonchev–Trinajstić information content (AvgIpc) is 2.86. The van der Waals surface area contributed by atoms with Crippen molar-refractivity contribution in [2.45, 2.75) is 24.9 Å². The quantitative estimate of drug-likeness (QED) is 0.863. The Morgan fingerprint density at radius 3 is 2.36 bits per heavy atom. The Morgan fingerprint density at radius 1 is 1.05 bits per heavy atom.